The van der Waals surface area contributed by atoms with E-state index in [0.717, 1.165) is 0 Å². The minimum absolute atomic E-state index is 0.0257. The Hall–Kier alpha value is -2.00. The van der Waals surface area contributed by atoms with Crippen LogP contribution in [-0.4, -0.2) is 27.2 Å². The third-order valence-corrected chi connectivity index (χ3v) is 3.83. The minimum atomic E-state index is -1.60. The third kappa shape index (κ3) is 4.80. The average molecular weight is 306 g/mol. The zero-order valence-corrected chi connectivity index (χ0v) is 13.4. The molecule has 0 radical (unpaired) electrons. The molecule has 1 aromatic rings. The van der Waals surface area contributed by atoms with E-state index in [1.54, 1.807) is 45.9 Å². The van der Waals surface area contributed by atoms with Crippen molar-refractivity contribution in [2.24, 2.45) is 4.40 Å². The van der Waals surface area contributed by atoms with Crippen LogP contribution < -0.4 is 0 Å². The molecular weight excluding hydrogens is 288 g/mol. The van der Waals surface area contributed by atoms with Gasteiger partial charge >= 0.3 is 5.97 Å². The van der Waals surface area contributed by atoms with Crippen molar-refractivity contribution >= 4 is 22.7 Å². The van der Waals surface area contributed by atoms with Crippen LogP contribution in [0.4, 0.5) is 0 Å². The number of esters is 1. The molecule has 0 aliphatic carbocycles. The van der Waals surface area contributed by atoms with Crippen LogP contribution in [0.2, 0.25) is 0 Å². The predicted octanol–water partition coefficient (Wildman–Crippen LogP) is 2.37. The van der Waals surface area contributed by atoms with Gasteiger partial charge in [-0.3, -0.25) is 0 Å². The summed E-state index contributed by atoms with van der Waals surface area (Å²) in [6.07, 6.45) is 0. The van der Waals surface area contributed by atoms with Crippen molar-refractivity contribution < 1.29 is 13.7 Å². The topological polar surface area (TPSA) is 79.5 Å². The van der Waals surface area contributed by atoms with E-state index in [9.17, 15) is 9.00 Å². The number of hydrogen-bond donors (Lipinski definition) is 0. The van der Waals surface area contributed by atoms with Gasteiger partial charge in [0.25, 0.3) is 0 Å². The van der Waals surface area contributed by atoms with Crippen LogP contribution in [0, 0.1) is 11.3 Å². The molecule has 112 valence electrons. The molecule has 1 atom stereocenters. The van der Waals surface area contributed by atoms with Crippen molar-refractivity contribution in [2.75, 3.05) is 6.61 Å². The quantitative estimate of drug-likeness (QED) is 0.632. The summed E-state index contributed by atoms with van der Waals surface area (Å²) in [7, 11) is -1.60. The first-order valence-corrected chi connectivity index (χ1v) is 7.58. The van der Waals surface area contributed by atoms with E-state index in [-0.39, 0.29) is 12.3 Å². The van der Waals surface area contributed by atoms with Crippen molar-refractivity contribution in [1.29, 1.82) is 5.26 Å². The van der Waals surface area contributed by atoms with Crippen LogP contribution in [0.5, 0.6) is 0 Å². The maximum Gasteiger partial charge on any atom is 0.358 e. The summed E-state index contributed by atoms with van der Waals surface area (Å²) >= 11 is 0. The number of ether oxygens (including phenoxy) is 1. The van der Waals surface area contributed by atoms with E-state index < -0.39 is 21.7 Å². The molecular formula is C15H18N2O3S. The van der Waals surface area contributed by atoms with Crippen molar-refractivity contribution in [3.05, 3.63) is 35.4 Å². The predicted molar refractivity (Wildman–Crippen MR) is 82.2 cm³/mol. The van der Waals surface area contributed by atoms with Crippen LogP contribution in [0.25, 0.3) is 0 Å². The van der Waals surface area contributed by atoms with E-state index in [0.29, 0.717) is 11.1 Å². The zero-order chi connectivity index (χ0) is 16.0. The van der Waals surface area contributed by atoms with E-state index in [1.807, 2.05) is 6.07 Å². The molecule has 0 saturated carbocycles. The molecule has 0 aromatic heterocycles. The van der Waals surface area contributed by atoms with Gasteiger partial charge in [0.2, 0.25) is 0 Å². The lowest BCUT2D eigenvalue weighted by molar-refractivity contribution is -0.134. The van der Waals surface area contributed by atoms with E-state index in [1.165, 1.54) is 6.07 Å². The van der Waals surface area contributed by atoms with Gasteiger partial charge < -0.3 is 4.74 Å². The molecule has 0 N–H and O–H groups in total. The first-order chi connectivity index (χ1) is 9.79. The van der Waals surface area contributed by atoms with Gasteiger partial charge in [-0.05, 0) is 39.8 Å². The van der Waals surface area contributed by atoms with Gasteiger partial charge in [-0.15, -0.1) is 0 Å². The average Bonchev–Trinajstić information content (AvgIpc) is 2.43. The molecule has 1 aromatic carbocycles. The highest BCUT2D eigenvalue weighted by molar-refractivity contribution is 7.85. The molecule has 6 heteroatoms. The lowest BCUT2D eigenvalue weighted by Crippen LogP contribution is -2.25. The second-order valence-corrected chi connectivity index (χ2v) is 7.12. The normalized spacial score (nSPS) is 13.4. The summed E-state index contributed by atoms with van der Waals surface area (Å²) in [6.45, 7) is 7.17. The smallest absolute Gasteiger partial charge is 0.358 e. The third-order valence-electron chi connectivity index (χ3n) is 2.43. The molecule has 0 aliphatic heterocycles. The highest BCUT2D eigenvalue weighted by atomic mass is 32.2. The molecule has 5 nitrogen and oxygen atoms in total. The summed E-state index contributed by atoms with van der Waals surface area (Å²) in [6, 6.07) is 8.41. The van der Waals surface area contributed by atoms with Crippen LogP contribution >= 0.6 is 0 Å². The van der Waals surface area contributed by atoms with Crippen LogP contribution in [0.1, 0.15) is 38.8 Å². The lowest BCUT2D eigenvalue weighted by atomic mass is 10.1. The van der Waals surface area contributed by atoms with Crippen molar-refractivity contribution in [3.8, 4) is 6.07 Å². The number of carbonyl (C=O) groups is 1. The fraction of sp³-hybridized carbons (Fsp3) is 0.400. The monoisotopic (exact) mass is 306 g/mol. The van der Waals surface area contributed by atoms with Crippen LogP contribution in [0.3, 0.4) is 0 Å². The number of carbonyl (C=O) groups excluding carboxylic acids is 1. The molecule has 0 fully saturated rings. The van der Waals surface area contributed by atoms with Gasteiger partial charge in [-0.25, -0.2) is 9.00 Å². The van der Waals surface area contributed by atoms with Gasteiger partial charge in [0.15, 0.2) is 5.71 Å². The van der Waals surface area contributed by atoms with Crippen molar-refractivity contribution in [2.45, 2.75) is 32.4 Å². The van der Waals surface area contributed by atoms with Crippen LogP contribution in [-0.2, 0) is 20.5 Å². The number of nitriles is 1. The lowest BCUT2D eigenvalue weighted by Gasteiger charge is -2.15. The van der Waals surface area contributed by atoms with Gasteiger partial charge in [0, 0.05) is 5.56 Å². The van der Waals surface area contributed by atoms with Gasteiger partial charge in [-0.1, -0.05) is 12.1 Å². The Morgan fingerprint density at radius 1 is 1.43 bits per heavy atom. The van der Waals surface area contributed by atoms with Gasteiger partial charge in [0.05, 0.1) is 23.0 Å². The Bertz CT molecular complexity index is 625. The Kier molecular flexibility index (Phi) is 5.79. The van der Waals surface area contributed by atoms with Crippen molar-refractivity contribution in [1.82, 2.24) is 0 Å². The highest BCUT2D eigenvalue weighted by Gasteiger charge is 2.23. The number of rotatable bonds is 4. The molecule has 0 bridgehead atoms. The fourth-order valence-electron chi connectivity index (χ4n) is 1.36. The van der Waals surface area contributed by atoms with E-state index in [4.69, 9.17) is 10.00 Å². The molecule has 0 saturated heterocycles. The molecule has 0 heterocycles. The molecule has 0 unspecified atom stereocenters. The summed E-state index contributed by atoms with van der Waals surface area (Å²) in [5, 5.41) is 8.93. The summed E-state index contributed by atoms with van der Waals surface area (Å²) in [5.74, 6) is -0.648. The second kappa shape index (κ2) is 7.14. The Balaban J connectivity index is 3.32. The largest absolute Gasteiger partial charge is 0.461 e. The van der Waals surface area contributed by atoms with Crippen LogP contribution in [0.15, 0.2) is 28.7 Å². The first-order valence-electron chi connectivity index (χ1n) is 6.48. The molecule has 1 rings (SSSR count). The number of nitrogens with zero attached hydrogens (tertiary/aromatic N) is 2. The maximum atomic E-state index is 12.2. The van der Waals surface area contributed by atoms with E-state index >= 15 is 0 Å². The molecule has 0 aliphatic rings. The highest BCUT2D eigenvalue weighted by Crippen LogP contribution is 2.15. The zero-order valence-electron chi connectivity index (χ0n) is 12.5. The summed E-state index contributed by atoms with van der Waals surface area (Å²) in [4.78, 5) is 12.0. The molecule has 0 spiro atoms. The SMILES string of the molecule is CCOC(=O)C(=N[S@@](=O)C(C)(C)C)c1cccc(C#N)c1. The van der Waals surface area contributed by atoms with Gasteiger partial charge in [0.1, 0.15) is 11.0 Å². The Morgan fingerprint density at radius 2 is 2.10 bits per heavy atom. The second-order valence-electron chi connectivity index (χ2n) is 5.21. The summed E-state index contributed by atoms with van der Waals surface area (Å²) in [5.41, 5.74) is 0.790. The standard InChI is InChI=1S/C15H18N2O3S/c1-5-20-14(18)13(17-21(19)15(2,3)4)12-8-6-7-11(9-12)10-16/h6-9H,5H2,1-4H3/t21-/m0/s1. The first kappa shape index (κ1) is 17.1. The molecule has 21 heavy (non-hydrogen) atoms. The maximum absolute atomic E-state index is 12.2. The van der Waals surface area contributed by atoms with Gasteiger partial charge in [-0.2, -0.15) is 9.66 Å². The fourth-order valence-corrected chi connectivity index (χ4v) is 1.98. The number of benzene rings is 1. The number of hydrogen-bond acceptors (Lipinski definition) is 4. The van der Waals surface area contributed by atoms with E-state index in [2.05, 4.69) is 4.40 Å². The van der Waals surface area contributed by atoms with Crippen molar-refractivity contribution in [3.63, 3.8) is 0 Å². The minimum Gasteiger partial charge on any atom is -0.461 e. The Labute approximate surface area is 127 Å². The summed E-state index contributed by atoms with van der Waals surface area (Å²) < 4.78 is 20.5. The molecule has 0 amide bonds. The Morgan fingerprint density at radius 3 is 2.62 bits per heavy atom.